The van der Waals surface area contributed by atoms with Crippen LogP contribution in [-0.4, -0.2) is 48.5 Å². The fraction of sp³-hybridized carbons (Fsp3) is 0.647. The van der Waals surface area contributed by atoms with Gasteiger partial charge < -0.3 is 15.6 Å². The Morgan fingerprint density at radius 3 is 2.48 bits per heavy atom. The molecule has 2 unspecified atom stereocenters. The van der Waals surface area contributed by atoms with Gasteiger partial charge in [-0.1, -0.05) is 6.07 Å². The zero-order valence-corrected chi connectivity index (χ0v) is 13.2. The van der Waals surface area contributed by atoms with Crippen LogP contribution in [0.4, 0.5) is 8.78 Å². The van der Waals surface area contributed by atoms with Gasteiger partial charge in [0.15, 0.2) is 0 Å². The number of hydrogen-bond donors (Lipinski definition) is 2. The summed E-state index contributed by atoms with van der Waals surface area (Å²) >= 11 is 0. The minimum Gasteiger partial charge on any atom is -0.392 e. The zero-order chi connectivity index (χ0) is 16.4. The fourth-order valence-corrected chi connectivity index (χ4v) is 3.86. The van der Waals surface area contributed by atoms with E-state index in [1.54, 1.807) is 0 Å². The summed E-state index contributed by atoms with van der Waals surface area (Å²) in [7, 11) is 0. The molecule has 1 saturated heterocycles. The van der Waals surface area contributed by atoms with Crippen molar-refractivity contribution in [2.45, 2.75) is 38.0 Å². The lowest BCUT2D eigenvalue weighted by atomic mass is 9.58. The second kappa shape index (κ2) is 6.81. The van der Waals surface area contributed by atoms with Crippen LogP contribution in [0.5, 0.6) is 0 Å². The molecule has 0 aromatic heterocycles. The van der Waals surface area contributed by atoms with Gasteiger partial charge in [-0.3, -0.25) is 4.90 Å². The van der Waals surface area contributed by atoms with Crippen molar-refractivity contribution in [3.05, 3.63) is 35.4 Å². The summed E-state index contributed by atoms with van der Waals surface area (Å²) in [5.74, 6) is -1.00. The maximum absolute atomic E-state index is 13.8. The number of likely N-dealkylation sites (tertiary alicyclic amines) is 1. The lowest BCUT2D eigenvalue weighted by Crippen LogP contribution is -2.62. The number of hydrogen-bond acceptors (Lipinski definition) is 4. The molecule has 1 aromatic rings. The Bertz CT molecular complexity index is 527. The lowest BCUT2D eigenvalue weighted by Gasteiger charge is -2.56. The SMILES string of the molecule is NCCOC1CC(O)C12CCN(Cc1c(F)cccc1F)CC2. The number of rotatable bonds is 5. The van der Waals surface area contributed by atoms with Crippen molar-refractivity contribution in [3.63, 3.8) is 0 Å². The highest BCUT2D eigenvalue weighted by molar-refractivity contribution is 5.20. The molecule has 6 heteroatoms. The van der Waals surface area contributed by atoms with Gasteiger partial charge in [0.25, 0.3) is 0 Å². The van der Waals surface area contributed by atoms with Gasteiger partial charge in [0.2, 0.25) is 0 Å². The zero-order valence-electron chi connectivity index (χ0n) is 13.2. The maximum atomic E-state index is 13.8. The molecular weight excluding hydrogens is 302 g/mol. The number of aliphatic hydroxyl groups excluding tert-OH is 1. The van der Waals surface area contributed by atoms with E-state index in [-0.39, 0.29) is 29.7 Å². The summed E-state index contributed by atoms with van der Waals surface area (Å²) in [5.41, 5.74) is 5.39. The molecule has 2 atom stereocenters. The molecular formula is C17H24F2N2O2. The van der Waals surface area contributed by atoms with Crippen LogP contribution in [0, 0.1) is 17.0 Å². The van der Waals surface area contributed by atoms with Crippen molar-refractivity contribution in [1.29, 1.82) is 0 Å². The first-order valence-electron chi connectivity index (χ1n) is 8.22. The molecule has 1 saturated carbocycles. The number of piperidine rings is 1. The van der Waals surface area contributed by atoms with E-state index in [1.807, 2.05) is 4.90 Å². The molecule has 1 heterocycles. The highest BCUT2D eigenvalue weighted by Gasteiger charge is 2.56. The third-order valence-corrected chi connectivity index (χ3v) is 5.41. The molecule has 1 aliphatic carbocycles. The average Bonchev–Trinajstić information content (AvgIpc) is 2.55. The molecule has 1 aliphatic heterocycles. The Morgan fingerprint density at radius 1 is 1.26 bits per heavy atom. The number of ether oxygens (including phenoxy) is 1. The first-order chi connectivity index (χ1) is 11.1. The number of halogens is 2. The molecule has 0 radical (unpaired) electrons. The van der Waals surface area contributed by atoms with Crippen LogP contribution in [0.25, 0.3) is 0 Å². The van der Waals surface area contributed by atoms with Gasteiger partial charge in [-0.15, -0.1) is 0 Å². The molecule has 4 nitrogen and oxygen atoms in total. The van der Waals surface area contributed by atoms with Crippen LogP contribution in [0.15, 0.2) is 18.2 Å². The van der Waals surface area contributed by atoms with E-state index in [0.717, 1.165) is 12.8 Å². The number of benzene rings is 1. The summed E-state index contributed by atoms with van der Waals surface area (Å²) in [6, 6.07) is 3.95. The second-order valence-electron chi connectivity index (χ2n) is 6.61. The number of nitrogens with two attached hydrogens (primary N) is 1. The second-order valence-corrected chi connectivity index (χ2v) is 6.61. The Balaban J connectivity index is 1.60. The maximum Gasteiger partial charge on any atom is 0.130 e. The van der Waals surface area contributed by atoms with Gasteiger partial charge in [-0.25, -0.2) is 8.78 Å². The van der Waals surface area contributed by atoms with Crippen molar-refractivity contribution < 1.29 is 18.6 Å². The molecule has 128 valence electrons. The molecule has 1 spiro atoms. The predicted octanol–water partition coefficient (Wildman–Crippen LogP) is 1.66. The first-order valence-corrected chi connectivity index (χ1v) is 8.22. The van der Waals surface area contributed by atoms with Gasteiger partial charge in [0.05, 0.1) is 18.8 Å². The summed E-state index contributed by atoms with van der Waals surface area (Å²) in [4.78, 5) is 2.04. The van der Waals surface area contributed by atoms with E-state index in [1.165, 1.54) is 18.2 Å². The van der Waals surface area contributed by atoms with E-state index in [9.17, 15) is 13.9 Å². The minimum absolute atomic E-state index is 0.0494. The van der Waals surface area contributed by atoms with E-state index in [2.05, 4.69) is 0 Å². The highest BCUT2D eigenvalue weighted by atomic mass is 19.1. The molecule has 1 aromatic carbocycles. The van der Waals surface area contributed by atoms with Gasteiger partial charge in [-0.05, 0) is 38.1 Å². The average molecular weight is 326 g/mol. The Morgan fingerprint density at radius 2 is 1.91 bits per heavy atom. The van der Waals surface area contributed by atoms with Crippen LogP contribution in [0.1, 0.15) is 24.8 Å². The van der Waals surface area contributed by atoms with Crippen molar-refractivity contribution >= 4 is 0 Å². The Hall–Kier alpha value is -1.08. The highest BCUT2D eigenvalue weighted by Crippen LogP contribution is 2.51. The standard InChI is InChI=1S/C17H24F2N2O2/c18-13-2-1-3-14(19)12(13)11-21-7-4-17(5-8-21)15(22)10-16(17)23-9-6-20/h1-3,15-16,22H,4-11,20H2. The van der Waals surface area contributed by atoms with Gasteiger partial charge in [0.1, 0.15) is 11.6 Å². The summed E-state index contributed by atoms with van der Waals surface area (Å²) in [6.07, 6.45) is 1.91. The summed E-state index contributed by atoms with van der Waals surface area (Å²) in [6.45, 7) is 2.64. The third-order valence-electron chi connectivity index (χ3n) is 5.41. The van der Waals surface area contributed by atoms with Crippen LogP contribution < -0.4 is 5.73 Å². The molecule has 23 heavy (non-hydrogen) atoms. The van der Waals surface area contributed by atoms with E-state index >= 15 is 0 Å². The van der Waals surface area contributed by atoms with Crippen molar-refractivity contribution in [2.24, 2.45) is 11.1 Å². The topological polar surface area (TPSA) is 58.7 Å². The van der Waals surface area contributed by atoms with Crippen molar-refractivity contribution in [1.82, 2.24) is 4.90 Å². The van der Waals surface area contributed by atoms with E-state index < -0.39 is 11.6 Å². The molecule has 0 bridgehead atoms. The van der Waals surface area contributed by atoms with E-state index in [0.29, 0.717) is 32.7 Å². The minimum atomic E-state index is -0.502. The van der Waals surface area contributed by atoms with Gasteiger partial charge in [0, 0.05) is 30.5 Å². The van der Waals surface area contributed by atoms with E-state index in [4.69, 9.17) is 10.5 Å². The quantitative estimate of drug-likeness (QED) is 0.864. The van der Waals surface area contributed by atoms with Crippen LogP contribution in [0.3, 0.4) is 0 Å². The fourth-order valence-electron chi connectivity index (χ4n) is 3.86. The monoisotopic (exact) mass is 326 g/mol. The number of aliphatic hydroxyl groups is 1. The smallest absolute Gasteiger partial charge is 0.130 e. The van der Waals surface area contributed by atoms with Crippen molar-refractivity contribution in [3.8, 4) is 0 Å². The normalized spacial score (nSPS) is 27.1. The van der Waals surface area contributed by atoms with Crippen LogP contribution in [-0.2, 0) is 11.3 Å². The van der Waals surface area contributed by atoms with Crippen LogP contribution >= 0.6 is 0 Å². The van der Waals surface area contributed by atoms with Gasteiger partial charge >= 0.3 is 0 Å². The molecule has 3 N–H and O–H groups in total. The summed E-state index contributed by atoms with van der Waals surface area (Å²) < 4.78 is 33.3. The van der Waals surface area contributed by atoms with Crippen molar-refractivity contribution in [2.75, 3.05) is 26.2 Å². The molecule has 3 rings (SSSR count). The molecule has 2 aliphatic rings. The largest absolute Gasteiger partial charge is 0.392 e. The Kier molecular flexibility index (Phi) is 4.96. The molecule has 0 amide bonds. The summed E-state index contributed by atoms with van der Waals surface area (Å²) in [5, 5.41) is 10.2. The molecule has 2 fully saturated rings. The van der Waals surface area contributed by atoms with Crippen LogP contribution in [0.2, 0.25) is 0 Å². The first kappa shape index (κ1) is 16.8. The number of nitrogens with zero attached hydrogens (tertiary/aromatic N) is 1. The lowest BCUT2D eigenvalue weighted by molar-refractivity contribution is -0.210. The van der Waals surface area contributed by atoms with Gasteiger partial charge in [-0.2, -0.15) is 0 Å². The predicted molar refractivity (Wildman–Crippen MR) is 82.7 cm³/mol. The third kappa shape index (κ3) is 3.13. The Labute approximate surface area is 135 Å².